The largest absolute Gasteiger partial charge is 0.390 e. The van der Waals surface area contributed by atoms with Crippen LogP contribution in [0.15, 0.2) is 0 Å². The summed E-state index contributed by atoms with van der Waals surface area (Å²) in [5, 5.41) is 10.6. The average Bonchev–Trinajstić information content (AvgIpc) is 3.12. The summed E-state index contributed by atoms with van der Waals surface area (Å²) in [6.45, 7) is 8.76. The van der Waals surface area contributed by atoms with E-state index in [0.717, 1.165) is 25.7 Å². The van der Waals surface area contributed by atoms with Gasteiger partial charge in [0.15, 0.2) is 0 Å². The molecule has 0 aromatic heterocycles. The van der Waals surface area contributed by atoms with Crippen LogP contribution in [0.5, 0.6) is 0 Å². The Hall–Kier alpha value is -0.120. The van der Waals surface area contributed by atoms with Crippen molar-refractivity contribution in [2.45, 2.75) is 82.9 Å². The molecule has 3 fully saturated rings. The average molecular weight is 254 g/mol. The first-order valence-electron chi connectivity index (χ1n) is 7.39. The van der Waals surface area contributed by atoms with Crippen molar-refractivity contribution < 1.29 is 14.6 Å². The fourth-order valence-corrected chi connectivity index (χ4v) is 3.76. The second-order valence-electron chi connectivity index (χ2n) is 7.25. The fourth-order valence-electron chi connectivity index (χ4n) is 3.76. The lowest BCUT2D eigenvalue weighted by molar-refractivity contribution is 0.0461. The molecule has 0 unspecified atom stereocenters. The number of hydrogen-bond acceptors (Lipinski definition) is 3. The summed E-state index contributed by atoms with van der Waals surface area (Å²) in [5.41, 5.74) is -0.0261. The second-order valence-corrected chi connectivity index (χ2v) is 7.25. The molecule has 0 aromatic rings. The molecular formula is C15H26O3. The van der Waals surface area contributed by atoms with E-state index in [-0.39, 0.29) is 23.4 Å². The van der Waals surface area contributed by atoms with Crippen LogP contribution in [0, 0.1) is 11.8 Å². The van der Waals surface area contributed by atoms with Gasteiger partial charge in [0.05, 0.1) is 23.4 Å². The molecule has 3 heteroatoms. The van der Waals surface area contributed by atoms with Gasteiger partial charge in [0.25, 0.3) is 0 Å². The molecule has 2 saturated heterocycles. The van der Waals surface area contributed by atoms with E-state index in [1.54, 1.807) is 0 Å². The fraction of sp³-hybridized carbons (Fsp3) is 1.00. The van der Waals surface area contributed by atoms with Gasteiger partial charge in [0.1, 0.15) is 6.10 Å². The molecular weight excluding hydrogens is 228 g/mol. The predicted octanol–water partition coefficient (Wildman–Crippen LogP) is 2.51. The number of fused-ring (bicyclic) bond motifs is 2. The zero-order valence-electron chi connectivity index (χ0n) is 12.0. The second kappa shape index (κ2) is 3.94. The van der Waals surface area contributed by atoms with Crippen molar-refractivity contribution in [1.29, 1.82) is 0 Å². The number of epoxide rings is 2. The highest BCUT2D eigenvalue weighted by Crippen LogP contribution is 2.52. The summed E-state index contributed by atoms with van der Waals surface area (Å²) < 4.78 is 11.7. The van der Waals surface area contributed by atoms with Gasteiger partial charge >= 0.3 is 0 Å². The highest BCUT2D eigenvalue weighted by molar-refractivity contribution is 5.09. The molecule has 0 aromatic carbocycles. The SMILES string of the molecule is CC(C)[C@H]1CC[C@]2(C)O[C@@H]2CC[C@@]2(C)O[C@H]2[C@H]1O. The Bertz CT molecular complexity index is 343. The smallest absolute Gasteiger partial charge is 0.113 e. The van der Waals surface area contributed by atoms with Gasteiger partial charge in [-0.3, -0.25) is 0 Å². The lowest BCUT2D eigenvalue weighted by Crippen LogP contribution is -2.35. The molecule has 18 heavy (non-hydrogen) atoms. The molecule has 6 atom stereocenters. The van der Waals surface area contributed by atoms with Crippen LogP contribution in [0.4, 0.5) is 0 Å². The van der Waals surface area contributed by atoms with Crippen molar-refractivity contribution in [3.8, 4) is 0 Å². The maximum Gasteiger partial charge on any atom is 0.113 e. The van der Waals surface area contributed by atoms with Gasteiger partial charge in [-0.15, -0.1) is 0 Å². The van der Waals surface area contributed by atoms with Gasteiger partial charge in [-0.1, -0.05) is 13.8 Å². The van der Waals surface area contributed by atoms with Crippen LogP contribution >= 0.6 is 0 Å². The molecule has 1 N–H and O–H groups in total. The Morgan fingerprint density at radius 3 is 2.39 bits per heavy atom. The van der Waals surface area contributed by atoms with Crippen molar-refractivity contribution in [2.24, 2.45) is 11.8 Å². The van der Waals surface area contributed by atoms with Crippen molar-refractivity contribution >= 4 is 0 Å². The number of hydrogen-bond donors (Lipinski definition) is 1. The Balaban J connectivity index is 1.77. The predicted molar refractivity (Wildman–Crippen MR) is 69.4 cm³/mol. The number of aliphatic hydroxyl groups excluding tert-OH is 1. The van der Waals surface area contributed by atoms with E-state index in [1.165, 1.54) is 0 Å². The van der Waals surface area contributed by atoms with Gasteiger partial charge in [-0.2, -0.15) is 0 Å². The summed E-state index contributed by atoms with van der Waals surface area (Å²) >= 11 is 0. The maximum atomic E-state index is 10.6. The first-order valence-corrected chi connectivity index (χ1v) is 7.39. The van der Waals surface area contributed by atoms with E-state index in [9.17, 15) is 5.11 Å². The van der Waals surface area contributed by atoms with Gasteiger partial charge < -0.3 is 14.6 Å². The lowest BCUT2D eigenvalue weighted by atomic mass is 9.78. The van der Waals surface area contributed by atoms with E-state index < -0.39 is 0 Å². The molecule has 0 spiro atoms. The van der Waals surface area contributed by atoms with Crippen molar-refractivity contribution in [3.05, 3.63) is 0 Å². The van der Waals surface area contributed by atoms with Crippen LogP contribution in [0.3, 0.4) is 0 Å². The summed E-state index contributed by atoms with van der Waals surface area (Å²) in [7, 11) is 0. The topological polar surface area (TPSA) is 45.3 Å². The van der Waals surface area contributed by atoms with Crippen LogP contribution < -0.4 is 0 Å². The molecule has 104 valence electrons. The molecule has 3 nitrogen and oxygen atoms in total. The van der Waals surface area contributed by atoms with Crippen molar-refractivity contribution in [2.75, 3.05) is 0 Å². The maximum absolute atomic E-state index is 10.6. The third-order valence-electron chi connectivity index (χ3n) is 5.46. The van der Waals surface area contributed by atoms with E-state index in [2.05, 4.69) is 27.7 Å². The third-order valence-corrected chi connectivity index (χ3v) is 5.46. The van der Waals surface area contributed by atoms with Crippen molar-refractivity contribution in [3.63, 3.8) is 0 Å². The summed E-state index contributed by atoms with van der Waals surface area (Å²) in [6.07, 6.45) is 4.36. The Morgan fingerprint density at radius 2 is 1.72 bits per heavy atom. The van der Waals surface area contributed by atoms with Crippen LogP contribution in [-0.2, 0) is 9.47 Å². The van der Waals surface area contributed by atoms with Gasteiger partial charge in [-0.05, 0) is 51.4 Å². The van der Waals surface area contributed by atoms with Crippen LogP contribution in [0.25, 0.3) is 0 Å². The Kier molecular flexibility index (Phi) is 2.82. The normalized spacial score (nSPS) is 55.7. The van der Waals surface area contributed by atoms with Crippen molar-refractivity contribution in [1.82, 2.24) is 0 Å². The molecule has 3 rings (SSSR count). The van der Waals surface area contributed by atoms with Crippen LogP contribution in [0.2, 0.25) is 0 Å². The quantitative estimate of drug-likeness (QED) is 0.731. The van der Waals surface area contributed by atoms with Gasteiger partial charge in [0, 0.05) is 0 Å². The zero-order valence-corrected chi connectivity index (χ0v) is 12.0. The Morgan fingerprint density at radius 1 is 1.06 bits per heavy atom. The molecule has 1 aliphatic carbocycles. The molecule has 0 bridgehead atoms. The van der Waals surface area contributed by atoms with Gasteiger partial charge in [0.2, 0.25) is 0 Å². The number of rotatable bonds is 1. The molecule has 0 radical (unpaired) electrons. The molecule has 3 aliphatic rings. The zero-order chi connectivity index (χ0) is 13.1. The van der Waals surface area contributed by atoms with Gasteiger partial charge in [-0.25, -0.2) is 0 Å². The first kappa shape index (κ1) is 12.9. The van der Waals surface area contributed by atoms with Crippen LogP contribution in [0.1, 0.15) is 53.4 Å². The first-order chi connectivity index (χ1) is 8.36. The third kappa shape index (κ3) is 2.00. The lowest BCUT2D eigenvalue weighted by Gasteiger charge is -2.27. The standard InChI is InChI=1S/C15H26O3/c1-9(2)10-5-7-14(3)11(17-14)6-8-15(4)13(18-15)12(10)16/h9-13,16H,5-8H2,1-4H3/t10-,11-,12+,13+,14+,15-/m1/s1. The molecule has 1 saturated carbocycles. The monoisotopic (exact) mass is 254 g/mol. The number of ether oxygens (including phenoxy) is 2. The highest BCUT2D eigenvalue weighted by atomic mass is 16.6. The van der Waals surface area contributed by atoms with E-state index in [0.29, 0.717) is 17.9 Å². The summed E-state index contributed by atoms with van der Waals surface area (Å²) in [6, 6.07) is 0. The van der Waals surface area contributed by atoms with E-state index >= 15 is 0 Å². The minimum Gasteiger partial charge on any atom is -0.390 e. The minimum atomic E-state index is -0.311. The highest BCUT2D eigenvalue weighted by Gasteiger charge is 2.61. The Labute approximate surface area is 110 Å². The van der Waals surface area contributed by atoms with E-state index in [4.69, 9.17) is 9.47 Å². The van der Waals surface area contributed by atoms with Crippen LogP contribution in [-0.4, -0.2) is 34.6 Å². The minimum absolute atomic E-state index is 0.0491. The summed E-state index contributed by atoms with van der Waals surface area (Å²) in [4.78, 5) is 0. The molecule has 0 amide bonds. The summed E-state index contributed by atoms with van der Waals surface area (Å²) in [5.74, 6) is 0.824. The molecule has 2 heterocycles. The molecule has 2 aliphatic heterocycles. The number of aliphatic hydroxyl groups is 1. The van der Waals surface area contributed by atoms with E-state index in [1.807, 2.05) is 0 Å².